The number of aromatic nitrogens is 2. The van der Waals surface area contributed by atoms with Crippen molar-refractivity contribution in [2.24, 2.45) is 7.05 Å². The van der Waals surface area contributed by atoms with Crippen LogP contribution in [0.15, 0.2) is 47.3 Å². The zero-order valence-corrected chi connectivity index (χ0v) is 15.2. The normalized spacial score (nSPS) is 10.9. The minimum absolute atomic E-state index is 0.134. The van der Waals surface area contributed by atoms with Crippen LogP contribution in [0.4, 0.5) is 0 Å². The maximum Gasteiger partial charge on any atom is 0.274 e. The van der Waals surface area contributed by atoms with Crippen molar-refractivity contribution in [3.05, 3.63) is 64.1 Å². The fourth-order valence-corrected chi connectivity index (χ4v) is 2.53. The molecule has 25 heavy (non-hydrogen) atoms. The van der Waals surface area contributed by atoms with E-state index >= 15 is 0 Å². The SMILES string of the molecule is CN(C)CCN(CCCc1ccccc1)C(=O)c1ccc(=O)n(C)n1. The van der Waals surface area contributed by atoms with Crippen molar-refractivity contribution in [1.82, 2.24) is 19.6 Å². The molecule has 0 bridgehead atoms. The molecule has 0 saturated carbocycles. The van der Waals surface area contributed by atoms with E-state index < -0.39 is 0 Å². The second kappa shape index (κ2) is 9.13. The van der Waals surface area contributed by atoms with Gasteiger partial charge in [0.15, 0.2) is 0 Å². The highest BCUT2D eigenvalue weighted by molar-refractivity contribution is 5.92. The lowest BCUT2D eigenvalue weighted by molar-refractivity contribution is 0.0734. The van der Waals surface area contributed by atoms with Crippen molar-refractivity contribution < 1.29 is 4.79 Å². The summed E-state index contributed by atoms with van der Waals surface area (Å²) < 4.78 is 1.20. The summed E-state index contributed by atoms with van der Waals surface area (Å²) in [6, 6.07) is 13.1. The average molecular weight is 342 g/mol. The van der Waals surface area contributed by atoms with E-state index in [0.717, 1.165) is 19.4 Å². The predicted octanol–water partition coefficient (Wildman–Crippen LogP) is 1.42. The Labute approximate surface area is 148 Å². The molecule has 134 valence electrons. The molecule has 0 saturated heterocycles. The monoisotopic (exact) mass is 342 g/mol. The first-order chi connectivity index (χ1) is 12.0. The van der Waals surface area contributed by atoms with E-state index in [4.69, 9.17) is 0 Å². The molecule has 1 amide bonds. The van der Waals surface area contributed by atoms with Gasteiger partial charge in [-0.3, -0.25) is 9.59 Å². The molecule has 0 aliphatic heterocycles. The molecule has 1 heterocycles. The minimum atomic E-state index is -0.222. The van der Waals surface area contributed by atoms with Crippen molar-refractivity contribution in [3.63, 3.8) is 0 Å². The number of hydrogen-bond donors (Lipinski definition) is 0. The summed E-state index contributed by atoms with van der Waals surface area (Å²) in [5, 5.41) is 4.09. The number of carbonyl (C=O) groups excluding carboxylic acids is 1. The summed E-state index contributed by atoms with van der Waals surface area (Å²) in [6.45, 7) is 2.07. The van der Waals surface area contributed by atoms with E-state index in [1.54, 1.807) is 7.05 Å². The summed E-state index contributed by atoms with van der Waals surface area (Å²) in [5.41, 5.74) is 1.35. The van der Waals surface area contributed by atoms with Gasteiger partial charge in [-0.25, -0.2) is 4.68 Å². The van der Waals surface area contributed by atoms with E-state index in [1.165, 1.54) is 22.4 Å². The number of hydrogen-bond acceptors (Lipinski definition) is 4. The van der Waals surface area contributed by atoms with E-state index in [1.807, 2.05) is 42.1 Å². The maximum atomic E-state index is 12.8. The van der Waals surface area contributed by atoms with Gasteiger partial charge in [0, 0.05) is 32.7 Å². The van der Waals surface area contributed by atoms with Crippen LogP contribution in [0.5, 0.6) is 0 Å². The molecule has 2 aromatic rings. The van der Waals surface area contributed by atoms with Crippen molar-refractivity contribution in [2.75, 3.05) is 33.7 Å². The molecule has 0 spiro atoms. The fourth-order valence-electron chi connectivity index (χ4n) is 2.53. The Morgan fingerprint density at radius 2 is 1.76 bits per heavy atom. The third-order valence-corrected chi connectivity index (χ3v) is 4.02. The number of rotatable bonds is 8. The van der Waals surface area contributed by atoms with Gasteiger partial charge in [0.05, 0.1) is 0 Å². The Kier molecular flexibility index (Phi) is 6.89. The van der Waals surface area contributed by atoms with Gasteiger partial charge in [-0.2, -0.15) is 5.10 Å². The van der Waals surface area contributed by atoms with Crippen LogP contribution >= 0.6 is 0 Å². The van der Waals surface area contributed by atoms with Gasteiger partial charge < -0.3 is 9.80 Å². The van der Waals surface area contributed by atoms with Crippen molar-refractivity contribution in [1.29, 1.82) is 0 Å². The largest absolute Gasteiger partial charge is 0.336 e. The van der Waals surface area contributed by atoms with Gasteiger partial charge in [0.2, 0.25) is 0 Å². The zero-order valence-electron chi connectivity index (χ0n) is 15.2. The molecule has 0 fully saturated rings. The molecular weight excluding hydrogens is 316 g/mol. The number of nitrogens with zero attached hydrogens (tertiary/aromatic N) is 4. The lowest BCUT2D eigenvalue weighted by atomic mass is 10.1. The van der Waals surface area contributed by atoms with Gasteiger partial charge in [0.1, 0.15) is 5.69 Å². The van der Waals surface area contributed by atoms with Gasteiger partial charge >= 0.3 is 0 Å². The van der Waals surface area contributed by atoms with E-state index in [-0.39, 0.29) is 11.5 Å². The van der Waals surface area contributed by atoms with Crippen LogP contribution in [0, 0.1) is 0 Å². The highest BCUT2D eigenvalue weighted by Crippen LogP contribution is 2.06. The molecule has 0 unspecified atom stereocenters. The van der Waals surface area contributed by atoms with Crippen LogP contribution in [-0.2, 0) is 13.5 Å². The summed E-state index contributed by atoms with van der Waals surface area (Å²) in [4.78, 5) is 28.1. The standard InChI is InChI=1S/C19H26N4O2/c1-21(2)14-15-23(13-7-10-16-8-5-4-6-9-16)19(25)17-11-12-18(24)22(3)20-17/h4-6,8-9,11-12H,7,10,13-15H2,1-3H3. The van der Waals surface area contributed by atoms with Crippen LogP contribution in [-0.4, -0.2) is 59.2 Å². The number of amides is 1. The first kappa shape index (κ1) is 18.9. The second-order valence-electron chi connectivity index (χ2n) is 6.37. The molecule has 1 aromatic heterocycles. The predicted molar refractivity (Wildman–Crippen MR) is 98.7 cm³/mol. The van der Waals surface area contributed by atoms with Crippen LogP contribution in [0.3, 0.4) is 0 Å². The molecule has 6 heteroatoms. The smallest absolute Gasteiger partial charge is 0.274 e. The van der Waals surface area contributed by atoms with Gasteiger partial charge in [-0.05, 0) is 38.6 Å². The Morgan fingerprint density at radius 3 is 2.40 bits per heavy atom. The van der Waals surface area contributed by atoms with Crippen LogP contribution in [0.1, 0.15) is 22.5 Å². The zero-order chi connectivity index (χ0) is 18.2. The Balaban J connectivity index is 2.04. The van der Waals surface area contributed by atoms with Crippen molar-refractivity contribution in [2.45, 2.75) is 12.8 Å². The van der Waals surface area contributed by atoms with E-state index in [9.17, 15) is 9.59 Å². The lowest BCUT2D eigenvalue weighted by Gasteiger charge is -2.24. The third kappa shape index (κ3) is 5.83. The fraction of sp³-hybridized carbons (Fsp3) is 0.421. The quantitative estimate of drug-likeness (QED) is 0.728. The molecule has 1 aromatic carbocycles. The minimum Gasteiger partial charge on any atom is -0.336 e. The molecule has 0 aliphatic carbocycles. The highest BCUT2D eigenvalue weighted by Gasteiger charge is 2.17. The van der Waals surface area contributed by atoms with E-state index in [0.29, 0.717) is 18.8 Å². The molecule has 0 N–H and O–H groups in total. The molecular formula is C19H26N4O2. The van der Waals surface area contributed by atoms with E-state index in [2.05, 4.69) is 17.2 Å². The van der Waals surface area contributed by atoms with Gasteiger partial charge in [-0.1, -0.05) is 30.3 Å². The number of benzene rings is 1. The molecule has 0 aliphatic rings. The lowest BCUT2D eigenvalue weighted by Crippen LogP contribution is -2.38. The summed E-state index contributed by atoms with van der Waals surface area (Å²) in [6.07, 6.45) is 1.81. The van der Waals surface area contributed by atoms with Crippen molar-refractivity contribution >= 4 is 5.91 Å². The number of likely N-dealkylation sites (N-methyl/N-ethyl adjacent to an activating group) is 1. The Hall–Kier alpha value is -2.47. The van der Waals surface area contributed by atoms with Gasteiger partial charge in [0.25, 0.3) is 11.5 Å². The molecule has 2 rings (SSSR count). The first-order valence-electron chi connectivity index (χ1n) is 8.49. The van der Waals surface area contributed by atoms with Crippen LogP contribution in [0.25, 0.3) is 0 Å². The number of carbonyl (C=O) groups is 1. The maximum absolute atomic E-state index is 12.8. The molecule has 0 atom stereocenters. The summed E-state index contributed by atoms with van der Waals surface area (Å²) in [7, 11) is 5.52. The summed E-state index contributed by atoms with van der Waals surface area (Å²) >= 11 is 0. The third-order valence-electron chi connectivity index (χ3n) is 4.02. The van der Waals surface area contributed by atoms with Gasteiger partial charge in [-0.15, -0.1) is 0 Å². The Bertz CT molecular complexity index is 741. The van der Waals surface area contributed by atoms with Crippen molar-refractivity contribution in [3.8, 4) is 0 Å². The average Bonchev–Trinajstić information content (AvgIpc) is 2.60. The molecule has 6 nitrogen and oxygen atoms in total. The summed E-state index contributed by atoms with van der Waals surface area (Å²) in [5.74, 6) is -0.134. The highest BCUT2D eigenvalue weighted by atomic mass is 16.2. The topological polar surface area (TPSA) is 58.4 Å². The first-order valence-corrected chi connectivity index (χ1v) is 8.49. The molecule has 0 radical (unpaired) electrons. The van der Waals surface area contributed by atoms with Crippen LogP contribution in [0.2, 0.25) is 0 Å². The van der Waals surface area contributed by atoms with Crippen LogP contribution < -0.4 is 5.56 Å². The Morgan fingerprint density at radius 1 is 1.04 bits per heavy atom. The second-order valence-corrected chi connectivity index (χ2v) is 6.37. The number of aryl methyl sites for hydroxylation is 2.